The summed E-state index contributed by atoms with van der Waals surface area (Å²) in [5.74, 6) is 0.176. The lowest BCUT2D eigenvalue weighted by Crippen LogP contribution is -2.61. The van der Waals surface area contributed by atoms with Crippen LogP contribution in [-0.2, 0) is 11.3 Å². The van der Waals surface area contributed by atoms with E-state index in [9.17, 15) is 4.79 Å². The van der Waals surface area contributed by atoms with Crippen molar-refractivity contribution in [2.24, 2.45) is 0 Å². The lowest BCUT2D eigenvalue weighted by molar-refractivity contribution is -0.959. The number of hydrogen-bond donors (Lipinski definition) is 1. The number of quaternary nitrogens is 1. The molecule has 2 aromatic rings. The molecule has 0 spiro atoms. The highest BCUT2D eigenvalue weighted by atomic mass is 16.2. The van der Waals surface area contributed by atoms with Crippen LogP contribution in [0.15, 0.2) is 42.5 Å². The molecule has 0 radical (unpaired) electrons. The predicted octanol–water partition coefficient (Wildman–Crippen LogP) is 5.53. The second-order valence-corrected chi connectivity index (χ2v) is 8.56. The quantitative estimate of drug-likeness (QED) is 0.657. The van der Waals surface area contributed by atoms with Crippen molar-refractivity contribution in [2.75, 3.05) is 18.4 Å². The first-order chi connectivity index (χ1) is 13.4. The summed E-state index contributed by atoms with van der Waals surface area (Å²) in [5, 5.41) is 3.31. The van der Waals surface area contributed by atoms with E-state index in [1.165, 1.54) is 30.4 Å². The summed E-state index contributed by atoms with van der Waals surface area (Å²) in [7, 11) is 0. The molecule has 2 aromatic carbocycles. The molecule has 0 aromatic heterocycles. The summed E-state index contributed by atoms with van der Waals surface area (Å²) in [6.07, 6.45) is 4.56. The normalized spacial score (nSPS) is 17.1. The van der Waals surface area contributed by atoms with Crippen LogP contribution in [0.1, 0.15) is 54.9 Å². The first kappa shape index (κ1) is 20.6. The van der Waals surface area contributed by atoms with Gasteiger partial charge in [-0.25, -0.2) is 0 Å². The Kier molecular flexibility index (Phi) is 6.56. The van der Waals surface area contributed by atoms with Gasteiger partial charge in [-0.05, 0) is 51.2 Å². The topological polar surface area (TPSA) is 29.1 Å². The van der Waals surface area contributed by atoms with Crippen molar-refractivity contribution < 1.29 is 9.28 Å². The van der Waals surface area contributed by atoms with Crippen LogP contribution in [0, 0.1) is 20.8 Å². The highest BCUT2D eigenvalue weighted by Crippen LogP contribution is 2.30. The van der Waals surface area contributed by atoms with Crippen LogP contribution in [0.5, 0.6) is 0 Å². The van der Waals surface area contributed by atoms with Crippen molar-refractivity contribution in [3.05, 3.63) is 64.7 Å². The molecule has 1 saturated heterocycles. The standard InChI is InChI=1S/C25H34N2O/c1-5-23(25(28)26-24-20(3)16-19(2)17-21(24)4)27(14-10-7-11-15-27)18-22-12-8-6-9-13-22/h6,8-9,12-13,16-17,23H,5,7,10-11,14-15,18H2,1-4H3/p+1. The van der Waals surface area contributed by atoms with Crippen LogP contribution in [0.3, 0.4) is 0 Å². The zero-order valence-electron chi connectivity index (χ0n) is 17.9. The summed E-state index contributed by atoms with van der Waals surface area (Å²) >= 11 is 0. The molecular formula is C25H35N2O+. The van der Waals surface area contributed by atoms with Crippen molar-refractivity contribution in [2.45, 2.75) is 66.0 Å². The minimum atomic E-state index is -0.0133. The third-order valence-corrected chi connectivity index (χ3v) is 6.32. The Morgan fingerprint density at radius 1 is 1.00 bits per heavy atom. The monoisotopic (exact) mass is 379 g/mol. The first-order valence-electron chi connectivity index (χ1n) is 10.7. The summed E-state index contributed by atoms with van der Waals surface area (Å²) in [5.41, 5.74) is 5.86. The molecule has 3 heteroatoms. The van der Waals surface area contributed by atoms with E-state index in [0.717, 1.165) is 47.4 Å². The SMILES string of the molecule is CCC(C(=O)Nc1c(C)cc(C)cc1C)[N+]1(Cc2ccccc2)CCCCC1. The number of likely N-dealkylation sites (tertiary alicyclic amines) is 1. The fraction of sp³-hybridized carbons (Fsp3) is 0.480. The molecule has 0 bridgehead atoms. The van der Waals surface area contributed by atoms with Gasteiger partial charge in [-0.15, -0.1) is 0 Å². The fourth-order valence-corrected chi connectivity index (χ4v) is 5.07. The van der Waals surface area contributed by atoms with Gasteiger partial charge in [0.25, 0.3) is 5.91 Å². The van der Waals surface area contributed by atoms with E-state index in [4.69, 9.17) is 0 Å². The highest BCUT2D eigenvalue weighted by Gasteiger charge is 2.42. The van der Waals surface area contributed by atoms with E-state index < -0.39 is 0 Å². The van der Waals surface area contributed by atoms with E-state index in [1.54, 1.807) is 0 Å². The predicted molar refractivity (Wildman–Crippen MR) is 117 cm³/mol. The summed E-state index contributed by atoms with van der Waals surface area (Å²) in [4.78, 5) is 13.5. The van der Waals surface area contributed by atoms with Crippen LogP contribution in [0.4, 0.5) is 5.69 Å². The molecule has 0 saturated carbocycles. The Balaban J connectivity index is 1.88. The Bertz CT molecular complexity index is 784. The number of anilines is 1. The molecule has 1 heterocycles. The smallest absolute Gasteiger partial charge is 0.282 e. The number of aryl methyl sites for hydroxylation is 3. The van der Waals surface area contributed by atoms with E-state index in [2.05, 4.69) is 75.5 Å². The zero-order valence-corrected chi connectivity index (χ0v) is 17.9. The third-order valence-electron chi connectivity index (χ3n) is 6.32. The number of amides is 1. The molecule has 28 heavy (non-hydrogen) atoms. The number of piperidine rings is 1. The number of carbonyl (C=O) groups excluding carboxylic acids is 1. The summed E-state index contributed by atoms with van der Waals surface area (Å²) < 4.78 is 0.885. The number of rotatable bonds is 6. The van der Waals surface area contributed by atoms with Crippen molar-refractivity contribution in [3.8, 4) is 0 Å². The van der Waals surface area contributed by atoms with Gasteiger partial charge in [-0.1, -0.05) is 55.0 Å². The van der Waals surface area contributed by atoms with Gasteiger partial charge in [0.05, 0.1) is 13.1 Å². The van der Waals surface area contributed by atoms with Crippen LogP contribution >= 0.6 is 0 Å². The minimum Gasteiger partial charge on any atom is -0.320 e. The van der Waals surface area contributed by atoms with E-state index in [1.807, 2.05) is 0 Å². The molecule has 0 aliphatic carbocycles. The van der Waals surface area contributed by atoms with Gasteiger partial charge < -0.3 is 9.80 Å². The number of carbonyl (C=O) groups is 1. The molecule has 1 fully saturated rings. The molecule has 1 aliphatic heterocycles. The highest BCUT2D eigenvalue weighted by molar-refractivity contribution is 5.95. The molecule has 1 atom stereocenters. The maximum Gasteiger partial charge on any atom is 0.282 e. The second-order valence-electron chi connectivity index (χ2n) is 8.56. The van der Waals surface area contributed by atoms with Crippen LogP contribution < -0.4 is 5.32 Å². The lowest BCUT2D eigenvalue weighted by Gasteiger charge is -2.46. The Hall–Kier alpha value is -2.13. The van der Waals surface area contributed by atoms with Crippen LogP contribution in [-0.4, -0.2) is 29.5 Å². The molecule has 3 nitrogen and oxygen atoms in total. The van der Waals surface area contributed by atoms with Crippen molar-refractivity contribution >= 4 is 11.6 Å². The zero-order chi connectivity index (χ0) is 20.1. The van der Waals surface area contributed by atoms with E-state index in [0.29, 0.717) is 0 Å². The summed E-state index contributed by atoms with van der Waals surface area (Å²) in [6, 6.07) is 15.0. The largest absolute Gasteiger partial charge is 0.320 e. The van der Waals surface area contributed by atoms with Crippen molar-refractivity contribution in [1.82, 2.24) is 0 Å². The number of nitrogens with zero attached hydrogens (tertiary/aromatic N) is 1. The second kappa shape index (κ2) is 8.91. The van der Waals surface area contributed by atoms with Crippen LogP contribution in [0.2, 0.25) is 0 Å². The molecule has 1 unspecified atom stereocenters. The van der Waals surface area contributed by atoms with Gasteiger partial charge in [-0.2, -0.15) is 0 Å². The number of benzene rings is 2. The van der Waals surface area contributed by atoms with Crippen LogP contribution in [0.25, 0.3) is 0 Å². The Morgan fingerprint density at radius 2 is 1.61 bits per heavy atom. The average molecular weight is 380 g/mol. The van der Waals surface area contributed by atoms with Gasteiger partial charge in [0.1, 0.15) is 6.54 Å². The first-order valence-corrected chi connectivity index (χ1v) is 10.7. The summed E-state index contributed by atoms with van der Waals surface area (Å²) in [6.45, 7) is 11.6. The average Bonchev–Trinajstić information content (AvgIpc) is 2.66. The van der Waals surface area contributed by atoms with E-state index >= 15 is 0 Å². The molecule has 3 rings (SSSR count). The van der Waals surface area contributed by atoms with Gasteiger partial charge in [0, 0.05) is 17.7 Å². The number of hydrogen-bond acceptors (Lipinski definition) is 1. The molecule has 1 N–H and O–H groups in total. The lowest BCUT2D eigenvalue weighted by atomic mass is 9.98. The van der Waals surface area contributed by atoms with E-state index in [-0.39, 0.29) is 11.9 Å². The third kappa shape index (κ3) is 4.47. The van der Waals surface area contributed by atoms with Gasteiger partial charge in [0.2, 0.25) is 0 Å². The van der Waals surface area contributed by atoms with Crippen molar-refractivity contribution in [3.63, 3.8) is 0 Å². The molecular weight excluding hydrogens is 344 g/mol. The Morgan fingerprint density at radius 3 is 2.18 bits per heavy atom. The molecule has 1 aliphatic rings. The van der Waals surface area contributed by atoms with Gasteiger partial charge in [0.15, 0.2) is 6.04 Å². The minimum absolute atomic E-state index is 0.0133. The van der Waals surface area contributed by atoms with Gasteiger partial charge in [-0.3, -0.25) is 4.79 Å². The molecule has 150 valence electrons. The maximum atomic E-state index is 13.5. The maximum absolute atomic E-state index is 13.5. The van der Waals surface area contributed by atoms with Gasteiger partial charge >= 0.3 is 0 Å². The molecule has 1 amide bonds. The Labute approximate surface area is 170 Å². The fourth-order valence-electron chi connectivity index (χ4n) is 5.07. The van der Waals surface area contributed by atoms with Crippen molar-refractivity contribution in [1.29, 1.82) is 0 Å². The number of nitrogens with one attached hydrogen (secondary N) is 1.